The third kappa shape index (κ3) is 3.57. The molecule has 1 amide bonds. The maximum absolute atomic E-state index is 13.7. The quantitative estimate of drug-likeness (QED) is 0.774. The number of hydrogen-bond acceptors (Lipinski definition) is 2. The first-order valence-electron chi connectivity index (χ1n) is 5.99. The van der Waals surface area contributed by atoms with Crippen LogP contribution in [-0.4, -0.2) is 17.0 Å². The van der Waals surface area contributed by atoms with Crippen molar-refractivity contribution in [2.45, 2.75) is 6.92 Å². The van der Waals surface area contributed by atoms with Crippen LogP contribution in [0.15, 0.2) is 36.4 Å². The van der Waals surface area contributed by atoms with Crippen molar-refractivity contribution in [2.75, 3.05) is 5.32 Å². The largest absolute Gasteiger partial charge is 0.478 e. The highest BCUT2D eigenvalue weighted by atomic mass is 127. The van der Waals surface area contributed by atoms with Crippen LogP contribution in [0.4, 0.5) is 10.1 Å². The van der Waals surface area contributed by atoms with Gasteiger partial charge in [0.2, 0.25) is 0 Å². The lowest BCUT2D eigenvalue weighted by atomic mass is 10.1. The number of halogens is 2. The summed E-state index contributed by atoms with van der Waals surface area (Å²) in [4.78, 5) is 23.2. The smallest absolute Gasteiger partial charge is 0.337 e. The van der Waals surface area contributed by atoms with Crippen LogP contribution >= 0.6 is 22.6 Å². The van der Waals surface area contributed by atoms with Gasteiger partial charge < -0.3 is 10.4 Å². The molecule has 0 aliphatic heterocycles. The van der Waals surface area contributed by atoms with E-state index in [1.54, 1.807) is 19.1 Å². The van der Waals surface area contributed by atoms with E-state index in [-0.39, 0.29) is 16.8 Å². The summed E-state index contributed by atoms with van der Waals surface area (Å²) in [7, 11) is 0. The van der Waals surface area contributed by atoms with Crippen molar-refractivity contribution in [3.63, 3.8) is 0 Å². The van der Waals surface area contributed by atoms with Crippen LogP contribution in [0.5, 0.6) is 0 Å². The van der Waals surface area contributed by atoms with Crippen LogP contribution in [0.25, 0.3) is 0 Å². The van der Waals surface area contributed by atoms with E-state index in [2.05, 4.69) is 5.32 Å². The molecule has 2 rings (SSSR count). The Bertz CT molecular complexity index is 731. The van der Waals surface area contributed by atoms with Crippen molar-refractivity contribution < 1.29 is 19.1 Å². The topological polar surface area (TPSA) is 66.4 Å². The van der Waals surface area contributed by atoms with Gasteiger partial charge in [-0.3, -0.25) is 4.79 Å². The molecule has 0 unspecified atom stereocenters. The van der Waals surface area contributed by atoms with Gasteiger partial charge in [-0.1, -0.05) is 6.07 Å². The Balaban J connectivity index is 2.34. The van der Waals surface area contributed by atoms with Crippen LogP contribution in [0.1, 0.15) is 26.3 Å². The van der Waals surface area contributed by atoms with E-state index in [9.17, 15) is 14.0 Å². The van der Waals surface area contributed by atoms with Crippen molar-refractivity contribution in [1.29, 1.82) is 0 Å². The normalized spacial score (nSPS) is 10.2. The number of carboxylic acid groups (broad SMARTS) is 1. The fourth-order valence-electron chi connectivity index (χ4n) is 1.80. The number of carbonyl (C=O) groups excluding carboxylic acids is 1. The minimum atomic E-state index is -1.16. The number of carbonyl (C=O) groups is 2. The van der Waals surface area contributed by atoms with Crippen molar-refractivity contribution in [2.24, 2.45) is 0 Å². The zero-order chi connectivity index (χ0) is 15.6. The zero-order valence-corrected chi connectivity index (χ0v) is 13.1. The molecule has 0 saturated heterocycles. The first-order valence-corrected chi connectivity index (χ1v) is 7.06. The summed E-state index contributed by atoms with van der Waals surface area (Å²) in [6.45, 7) is 1.71. The van der Waals surface area contributed by atoms with E-state index in [0.717, 1.165) is 3.57 Å². The lowest BCUT2D eigenvalue weighted by Gasteiger charge is -2.10. The summed E-state index contributed by atoms with van der Waals surface area (Å²) in [5.41, 5.74) is 0.663. The number of aromatic carboxylic acids is 1. The predicted molar refractivity (Wildman–Crippen MR) is 85.2 cm³/mol. The Morgan fingerprint density at radius 3 is 2.48 bits per heavy atom. The molecule has 0 spiro atoms. The predicted octanol–water partition coefficient (Wildman–Crippen LogP) is 3.69. The molecule has 0 aliphatic rings. The second-order valence-electron chi connectivity index (χ2n) is 4.43. The lowest BCUT2D eigenvalue weighted by Crippen LogP contribution is -2.16. The molecule has 21 heavy (non-hydrogen) atoms. The van der Waals surface area contributed by atoms with E-state index >= 15 is 0 Å². The second kappa shape index (κ2) is 6.21. The second-order valence-corrected chi connectivity index (χ2v) is 5.68. The molecule has 2 aromatic carbocycles. The minimum Gasteiger partial charge on any atom is -0.478 e. The number of benzene rings is 2. The van der Waals surface area contributed by atoms with Gasteiger partial charge in [0, 0.05) is 3.57 Å². The summed E-state index contributed by atoms with van der Waals surface area (Å²) in [5, 5.41) is 11.6. The van der Waals surface area contributed by atoms with Crippen LogP contribution < -0.4 is 5.32 Å². The maximum Gasteiger partial charge on any atom is 0.337 e. The molecule has 0 saturated carbocycles. The van der Waals surface area contributed by atoms with Gasteiger partial charge in [-0.05, 0) is 65.4 Å². The van der Waals surface area contributed by atoms with Gasteiger partial charge in [-0.2, -0.15) is 0 Å². The Hall–Kier alpha value is -1.96. The number of aryl methyl sites for hydroxylation is 1. The monoisotopic (exact) mass is 399 g/mol. The third-order valence-electron chi connectivity index (χ3n) is 2.83. The molecule has 0 aromatic heterocycles. The van der Waals surface area contributed by atoms with Gasteiger partial charge in [0.15, 0.2) is 0 Å². The maximum atomic E-state index is 13.7. The summed E-state index contributed by atoms with van der Waals surface area (Å²) in [5.74, 6) is -2.49. The summed E-state index contributed by atoms with van der Waals surface area (Å²) >= 11 is 1.97. The molecule has 108 valence electrons. The van der Waals surface area contributed by atoms with Crippen molar-refractivity contribution in [3.8, 4) is 0 Å². The molecule has 6 heteroatoms. The number of hydrogen-bond donors (Lipinski definition) is 2. The first-order chi connectivity index (χ1) is 9.88. The number of anilines is 1. The summed E-state index contributed by atoms with van der Waals surface area (Å²) in [6, 6.07) is 8.81. The molecule has 0 fully saturated rings. The van der Waals surface area contributed by atoms with E-state index < -0.39 is 17.7 Å². The fourth-order valence-corrected chi connectivity index (χ4v) is 2.29. The standard InChI is InChI=1S/C15H11FINO3/c1-8-2-4-10(12(16)6-8)14(19)18-13-5-3-9(17)7-11(13)15(20)21/h2-7H,1H3,(H,18,19)(H,20,21). The molecule has 2 N–H and O–H groups in total. The average Bonchev–Trinajstić information content (AvgIpc) is 2.40. The number of amides is 1. The molecular formula is C15H11FINO3. The molecule has 0 aliphatic carbocycles. The van der Waals surface area contributed by atoms with E-state index in [0.29, 0.717) is 5.56 Å². The Labute approximate surface area is 134 Å². The molecule has 0 atom stereocenters. The Morgan fingerprint density at radius 2 is 1.86 bits per heavy atom. The Kier molecular flexibility index (Phi) is 4.56. The van der Waals surface area contributed by atoms with Gasteiger partial charge in [0.05, 0.1) is 16.8 Å². The van der Waals surface area contributed by atoms with Crippen molar-refractivity contribution in [3.05, 3.63) is 62.5 Å². The van der Waals surface area contributed by atoms with E-state index in [1.807, 2.05) is 22.6 Å². The molecule has 0 radical (unpaired) electrons. The van der Waals surface area contributed by atoms with Gasteiger partial charge in [-0.25, -0.2) is 9.18 Å². The molecule has 0 heterocycles. The van der Waals surface area contributed by atoms with Crippen LogP contribution in [0.2, 0.25) is 0 Å². The first kappa shape index (κ1) is 15.4. The van der Waals surface area contributed by atoms with Crippen LogP contribution in [-0.2, 0) is 0 Å². The highest BCUT2D eigenvalue weighted by Crippen LogP contribution is 2.20. The molecule has 2 aromatic rings. The molecule has 0 bridgehead atoms. The van der Waals surface area contributed by atoms with Gasteiger partial charge in [-0.15, -0.1) is 0 Å². The van der Waals surface area contributed by atoms with E-state index in [1.165, 1.54) is 24.3 Å². The zero-order valence-electron chi connectivity index (χ0n) is 11.0. The van der Waals surface area contributed by atoms with Gasteiger partial charge in [0.25, 0.3) is 5.91 Å². The summed E-state index contributed by atoms with van der Waals surface area (Å²) in [6.07, 6.45) is 0. The van der Waals surface area contributed by atoms with Crippen molar-refractivity contribution >= 4 is 40.2 Å². The number of rotatable bonds is 3. The van der Waals surface area contributed by atoms with E-state index in [4.69, 9.17) is 5.11 Å². The Morgan fingerprint density at radius 1 is 1.14 bits per heavy atom. The molecule has 4 nitrogen and oxygen atoms in total. The minimum absolute atomic E-state index is 0.0391. The SMILES string of the molecule is Cc1ccc(C(=O)Nc2ccc(I)cc2C(=O)O)c(F)c1. The van der Waals surface area contributed by atoms with Crippen molar-refractivity contribution in [1.82, 2.24) is 0 Å². The fraction of sp³-hybridized carbons (Fsp3) is 0.0667. The highest BCUT2D eigenvalue weighted by Gasteiger charge is 2.16. The molecular weight excluding hydrogens is 388 g/mol. The van der Waals surface area contributed by atoms with Gasteiger partial charge in [0.1, 0.15) is 5.82 Å². The third-order valence-corrected chi connectivity index (χ3v) is 3.50. The van der Waals surface area contributed by atoms with Gasteiger partial charge >= 0.3 is 5.97 Å². The van der Waals surface area contributed by atoms with Crippen LogP contribution in [0, 0.1) is 16.3 Å². The highest BCUT2D eigenvalue weighted by molar-refractivity contribution is 14.1. The number of carboxylic acids is 1. The lowest BCUT2D eigenvalue weighted by molar-refractivity contribution is 0.0698. The number of nitrogens with one attached hydrogen (secondary N) is 1. The summed E-state index contributed by atoms with van der Waals surface area (Å²) < 4.78 is 14.5. The average molecular weight is 399 g/mol. The van der Waals surface area contributed by atoms with Crippen LogP contribution in [0.3, 0.4) is 0 Å².